The number of anilines is 1. The number of aryl methyl sites for hydroxylation is 2. The molecule has 0 spiro atoms. The van der Waals surface area contributed by atoms with E-state index in [9.17, 15) is 9.59 Å². The van der Waals surface area contributed by atoms with Gasteiger partial charge in [-0.15, -0.1) is 11.3 Å². The zero-order valence-electron chi connectivity index (χ0n) is 12.8. The number of nitrogens with zero attached hydrogens (tertiary/aromatic N) is 1. The smallest absolute Gasteiger partial charge is 0.230 e. The molecule has 1 heterocycles. The molecule has 2 aromatic rings. The Morgan fingerprint density at radius 2 is 1.96 bits per heavy atom. The van der Waals surface area contributed by atoms with Gasteiger partial charge in [0.2, 0.25) is 11.8 Å². The predicted octanol–water partition coefficient (Wildman–Crippen LogP) is 2.23. The van der Waals surface area contributed by atoms with Crippen molar-refractivity contribution in [2.45, 2.75) is 38.5 Å². The van der Waals surface area contributed by atoms with Crippen LogP contribution in [0.15, 0.2) is 23.6 Å². The van der Waals surface area contributed by atoms with Crippen LogP contribution in [0.5, 0.6) is 0 Å². The molecule has 6 heteroatoms. The summed E-state index contributed by atoms with van der Waals surface area (Å²) in [6, 6.07) is 6.32. The number of nitrogens with two attached hydrogens (primary N) is 1. The van der Waals surface area contributed by atoms with Gasteiger partial charge in [-0.3, -0.25) is 9.59 Å². The number of carbonyl (C=O) groups is 2. The summed E-state index contributed by atoms with van der Waals surface area (Å²) in [5.74, 6) is -0.525. The molecule has 1 aromatic heterocycles. The number of primary amides is 1. The van der Waals surface area contributed by atoms with E-state index in [1.54, 1.807) is 5.38 Å². The first-order chi connectivity index (χ1) is 11.1. The summed E-state index contributed by atoms with van der Waals surface area (Å²) in [5.41, 5.74) is 9.53. The van der Waals surface area contributed by atoms with E-state index < -0.39 is 5.91 Å². The SMILES string of the molecule is NC(=O)Cc1csc(NC(=O)Cc2ccc3c(c2)CCCC3)n1. The van der Waals surface area contributed by atoms with Crippen LogP contribution in [0.3, 0.4) is 0 Å². The number of nitrogens with one attached hydrogen (secondary N) is 1. The Hall–Kier alpha value is -2.21. The lowest BCUT2D eigenvalue weighted by atomic mass is 9.90. The zero-order valence-corrected chi connectivity index (χ0v) is 13.6. The highest BCUT2D eigenvalue weighted by molar-refractivity contribution is 7.13. The predicted molar refractivity (Wildman–Crippen MR) is 90.4 cm³/mol. The Morgan fingerprint density at radius 3 is 2.74 bits per heavy atom. The van der Waals surface area contributed by atoms with Crippen molar-refractivity contribution in [3.8, 4) is 0 Å². The van der Waals surface area contributed by atoms with E-state index in [4.69, 9.17) is 5.73 Å². The van der Waals surface area contributed by atoms with Crippen molar-refractivity contribution in [1.82, 2.24) is 4.98 Å². The van der Waals surface area contributed by atoms with Crippen molar-refractivity contribution in [3.05, 3.63) is 46.0 Å². The fraction of sp³-hybridized carbons (Fsp3) is 0.353. The molecule has 1 aromatic carbocycles. The van der Waals surface area contributed by atoms with Crippen molar-refractivity contribution in [1.29, 1.82) is 0 Å². The second-order valence-electron chi connectivity index (χ2n) is 5.82. The maximum Gasteiger partial charge on any atom is 0.230 e. The second kappa shape index (κ2) is 6.91. The van der Waals surface area contributed by atoms with Gasteiger partial charge in [0.25, 0.3) is 0 Å². The van der Waals surface area contributed by atoms with Crippen LogP contribution in [0.4, 0.5) is 5.13 Å². The molecule has 0 fully saturated rings. The van der Waals surface area contributed by atoms with E-state index in [1.165, 1.54) is 35.3 Å². The van der Waals surface area contributed by atoms with Crippen LogP contribution >= 0.6 is 11.3 Å². The molecule has 120 valence electrons. The Balaban J connectivity index is 1.61. The van der Waals surface area contributed by atoms with Crippen LogP contribution in [-0.4, -0.2) is 16.8 Å². The molecule has 1 aliphatic rings. The summed E-state index contributed by atoms with van der Waals surface area (Å²) < 4.78 is 0. The van der Waals surface area contributed by atoms with Gasteiger partial charge in [-0.2, -0.15) is 0 Å². The summed E-state index contributed by atoms with van der Waals surface area (Å²) >= 11 is 1.30. The molecule has 0 unspecified atom stereocenters. The number of benzene rings is 1. The van der Waals surface area contributed by atoms with Gasteiger partial charge in [0, 0.05) is 5.38 Å². The number of aromatic nitrogens is 1. The van der Waals surface area contributed by atoms with Gasteiger partial charge in [-0.1, -0.05) is 18.2 Å². The van der Waals surface area contributed by atoms with E-state index >= 15 is 0 Å². The van der Waals surface area contributed by atoms with Crippen molar-refractivity contribution < 1.29 is 9.59 Å². The average molecular weight is 329 g/mol. The minimum Gasteiger partial charge on any atom is -0.369 e. The quantitative estimate of drug-likeness (QED) is 0.882. The Morgan fingerprint density at radius 1 is 1.17 bits per heavy atom. The molecule has 0 bridgehead atoms. The molecule has 5 nitrogen and oxygen atoms in total. The minimum absolute atomic E-state index is 0.0944. The molecule has 2 amide bonds. The molecule has 0 radical (unpaired) electrons. The number of hydrogen-bond acceptors (Lipinski definition) is 4. The van der Waals surface area contributed by atoms with Crippen LogP contribution in [0.1, 0.15) is 35.2 Å². The van der Waals surface area contributed by atoms with E-state index in [-0.39, 0.29) is 12.3 Å². The van der Waals surface area contributed by atoms with Crippen molar-refractivity contribution >= 4 is 28.3 Å². The van der Waals surface area contributed by atoms with Gasteiger partial charge < -0.3 is 11.1 Å². The topological polar surface area (TPSA) is 85.1 Å². The number of carbonyl (C=O) groups excluding carboxylic acids is 2. The van der Waals surface area contributed by atoms with E-state index in [0.717, 1.165) is 18.4 Å². The molecule has 3 N–H and O–H groups in total. The van der Waals surface area contributed by atoms with Gasteiger partial charge >= 0.3 is 0 Å². The third-order valence-corrected chi connectivity index (χ3v) is 4.74. The Labute approximate surface area is 138 Å². The lowest BCUT2D eigenvalue weighted by Gasteiger charge is -2.16. The second-order valence-corrected chi connectivity index (χ2v) is 6.68. The molecule has 0 saturated carbocycles. The summed E-state index contributed by atoms with van der Waals surface area (Å²) in [6.45, 7) is 0. The summed E-state index contributed by atoms with van der Waals surface area (Å²) in [7, 11) is 0. The highest BCUT2D eigenvalue weighted by Gasteiger charge is 2.12. The number of thiazole rings is 1. The molecular weight excluding hydrogens is 310 g/mol. The molecule has 0 atom stereocenters. The highest BCUT2D eigenvalue weighted by atomic mass is 32.1. The van der Waals surface area contributed by atoms with Gasteiger partial charge in [0.05, 0.1) is 18.5 Å². The van der Waals surface area contributed by atoms with Crippen molar-refractivity contribution in [2.24, 2.45) is 5.73 Å². The lowest BCUT2D eigenvalue weighted by molar-refractivity contribution is -0.117. The number of hydrogen-bond donors (Lipinski definition) is 2. The van der Waals surface area contributed by atoms with E-state index in [2.05, 4.69) is 22.4 Å². The molecule has 0 saturated heterocycles. The van der Waals surface area contributed by atoms with Crippen LogP contribution in [0.25, 0.3) is 0 Å². The standard InChI is InChI=1S/C17H19N3O2S/c18-15(21)9-14-10-23-17(19-14)20-16(22)8-11-5-6-12-3-1-2-4-13(12)7-11/h5-7,10H,1-4,8-9H2,(H2,18,21)(H,19,20,22). The van der Waals surface area contributed by atoms with Crippen molar-refractivity contribution in [2.75, 3.05) is 5.32 Å². The summed E-state index contributed by atoms with van der Waals surface area (Å²) in [4.78, 5) is 27.2. The van der Waals surface area contributed by atoms with Gasteiger partial charge in [-0.05, 0) is 42.4 Å². The molecule has 23 heavy (non-hydrogen) atoms. The minimum atomic E-state index is -0.428. The van der Waals surface area contributed by atoms with Crippen molar-refractivity contribution in [3.63, 3.8) is 0 Å². The number of rotatable bonds is 5. The maximum atomic E-state index is 12.1. The number of fused-ring (bicyclic) bond motifs is 1. The maximum absolute atomic E-state index is 12.1. The van der Waals surface area contributed by atoms with Gasteiger partial charge in [0.1, 0.15) is 0 Å². The summed E-state index contributed by atoms with van der Waals surface area (Å²) in [6.07, 6.45) is 5.15. The van der Waals surface area contributed by atoms with Crippen LogP contribution in [0.2, 0.25) is 0 Å². The summed E-state index contributed by atoms with van der Waals surface area (Å²) in [5, 5.41) is 5.02. The monoisotopic (exact) mass is 329 g/mol. The van der Waals surface area contributed by atoms with E-state index in [0.29, 0.717) is 17.2 Å². The van der Waals surface area contributed by atoms with Crippen LogP contribution < -0.4 is 11.1 Å². The first-order valence-electron chi connectivity index (χ1n) is 7.73. The molecule has 1 aliphatic carbocycles. The van der Waals surface area contributed by atoms with Gasteiger partial charge in [0.15, 0.2) is 5.13 Å². The van der Waals surface area contributed by atoms with E-state index in [1.807, 2.05) is 6.07 Å². The zero-order chi connectivity index (χ0) is 16.2. The van der Waals surface area contributed by atoms with Crippen LogP contribution in [0, 0.1) is 0 Å². The third-order valence-electron chi connectivity index (χ3n) is 3.93. The molecular formula is C17H19N3O2S. The van der Waals surface area contributed by atoms with Crippen LogP contribution in [-0.2, 0) is 35.3 Å². The Kier molecular flexibility index (Phi) is 4.71. The first-order valence-corrected chi connectivity index (χ1v) is 8.61. The molecule has 0 aliphatic heterocycles. The molecule has 3 rings (SSSR count). The highest BCUT2D eigenvalue weighted by Crippen LogP contribution is 2.23. The average Bonchev–Trinajstić information content (AvgIpc) is 2.93. The normalized spacial score (nSPS) is 13.4. The fourth-order valence-corrected chi connectivity index (χ4v) is 3.60. The van der Waals surface area contributed by atoms with Gasteiger partial charge in [-0.25, -0.2) is 4.98 Å². The lowest BCUT2D eigenvalue weighted by Crippen LogP contribution is -2.16. The Bertz CT molecular complexity index is 739. The number of amides is 2. The fourth-order valence-electron chi connectivity index (χ4n) is 2.87. The largest absolute Gasteiger partial charge is 0.369 e. The first kappa shape index (κ1) is 15.7. The third kappa shape index (κ3) is 4.16.